The molecule has 0 aliphatic heterocycles. The fourth-order valence-corrected chi connectivity index (χ4v) is 4.72. The van der Waals surface area contributed by atoms with Crippen LogP contribution in [-0.2, 0) is 17.8 Å². The van der Waals surface area contributed by atoms with Crippen LogP contribution in [0.3, 0.4) is 0 Å². The number of carbonyl (C=O) groups excluding carboxylic acids is 2. The first kappa shape index (κ1) is 24.9. The van der Waals surface area contributed by atoms with Gasteiger partial charge in [0.05, 0.1) is 7.11 Å². The average Bonchev–Trinajstić information content (AvgIpc) is 3.69. The van der Waals surface area contributed by atoms with Gasteiger partial charge in [-0.25, -0.2) is 0 Å². The van der Waals surface area contributed by atoms with Gasteiger partial charge in [-0.3, -0.25) is 9.59 Å². The van der Waals surface area contributed by atoms with Gasteiger partial charge in [0.2, 0.25) is 5.91 Å². The van der Waals surface area contributed by atoms with Gasteiger partial charge in [0.25, 0.3) is 5.91 Å². The summed E-state index contributed by atoms with van der Waals surface area (Å²) in [5.41, 5.74) is 3.80. The number of H-pyrrole nitrogens is 1. The maximum absolute atomic E-state index is 13.7. The van der Waals surface area contributed by atoms with Gasteiger partial charge in [0.1, 0.15) is 12.3 Å². The number of hydrogen-bond acceptors (Lipinski definition) is 3. The molecule has 1 aliphatic rings. The minimum absolute atomic E-state index is 0.0518. The van der Waals surface area contributed by atoms with E-state index < -0.39 is 0 Å². The Morgan fingerprint density at radius 3 is 2.43 bits per heavy atom. The first-order valence-electron chi connectivity index (χ1n) is 12.5. The Balaban J connectivity index is 1.35. The molecule has 0 spiro atoms. The van der Waals surface area contributed by atoms with Crippen molar-refractivity contribution in [3.63, 3.8) is 0 Å². The highest BCUT2D eigenvalue weighted by Gasteiger charge is 2.35. The van der Waals surface area contributed by atoms with E-state index in [4.69, 9.17) is 16.3 Å². The Labute approximate surface area is 221 Å². The van der Waals surface area contributed by atoms with E-state index in [1.807, 2.05) is 47.5 Å². The van der Waals surface area contributed by atoms with Gasteiger partial charge in [-0.2, -0.15) is 0 Å². The SMILES string of the molecule is COc1ccc(CN(CCc2c[nH]c3ccccc23)C(=O)CN(C(=O)c2ccc(Cl)cc2)C2CC2)cc1. The number of carbonyl (C=O) groups is 2. The number of benzene rings is 3. The monoisotopic (exact) mass is 515 g/mol. The van der Waals surface area contributed by atoms with E-state index in [2.05, 4.69) is 17.1 Å². The first-order chi connectivity index (χ1) is 18.0. The van der Waals surface area contributed by atoms with E-state index >= 15 is 0 Å². The van der Waals surface area contributed by atoms with Crippen molar-refractivity contribution in [3.8, 4) is 5.75 Å². The molecule has 5 rings (SSSR count). The highest BCUT2D eigenvalue weighted by atomic mass is 35.5. The molecule has 1 aliphatic carbocycles. The van der Waals surface area contributed by atoms with E-state index in [9.17, 15) is 9.59 Å². The predicted octanol–water partition coefficient (Wildman–Crippen LogP) is 5.71. The van der Waals surface area contributed by atoms with Crippen LogP contribution in [0.5, 0.6) is 5.75 Å². The smallest absolute Gasteiger partial charge is 0.254 e. The van der Waals surface area contributed by atoms with Crippen LogP contribution in [0.15, 0.2) is 79.0 Å². The van der Waals surface area contributed by atoms with Crippen LogP contribution >= 0.6 is 11.6 Å². The van der Waals surface area contributed by atoms with Crippen molar-refractivity contribution in [1.82, 2.24) is 14.8 Å². The fourth-order valence-electron chi connectivity index (χ4n) is 4.59. The summed E-state index contributed by atoms with van der Waals surface area (Å²) in [5, 5.41) is 1.74. The maximum atomic E-state index is 13.7. The number of fused-ring (bicyclic) bond motifs is 1. The zero-order chi connectivity index (χ0) is 25.8. The molecule has 7 heteroatoms. The summed E-state index contributed by atoms with van der Waals surface area (Å²) in [6, 6.07) is 22.9. The molecule has 0 bridgehead atoms. The highest BCUT2D eigenvalue weighted by molar-refractivity contribution is 6.30. The molecule has 0 radical (unpaired) electrons. The summed E-state index contributed by atoms with van der Waals surface area (Å²) in [7, 11) is 1.64. The van der Waals surface area contributed by atoms with Crippen molar-refractivity contribution in [1.29, 1.82) is 0 Å². The van der Waals surface area contributed by atoms with Crippen molar-refractivity contribution in [3.05, 3.63) is 101 Å². The van der Waals surface area contributed by atoms with Crippen LogP contribution in [0.2, 0.25) is 5.02 Å². The lowest BCUT2D eigenvalue weighted by Crippen LogP contribution is -2.44. The second-order valence-electron chi connectivity index (χ2n) is 9.44. The molecule has 3 aromatic carbocycles. The highest BCUT2D eigenvalue weighted by Crippen LogP contribution is 2.29. The molecule has 190 valence electrons. The van der Waals surface area contributed by atoms with Crippen LogP contribution < -0.4 is 4.74 Å². The van der Waals surface area contributed by atoms with E-state index in [1.165, 1.54) is 5.56 Å². The molecular weight excluding hydrogens is 486 g/mol. The van der Waals surface area contributed by atoms with Crippen LogP contribution in [0, 0.1) is 0 Å². The summed E-state index contributed by atoms with van der Waals surface area (Å²) >= 11 is 6.01. The fraction of sp³-hybridized carbons (Fsp3) is 0.267. The normalized spacial score (nSPS) is 12.9. The number of para-hydroxylation sites is 1. The van der Waals surface area contributed by atoms with Gasteiger partial charge in [-0.05, 0) is 72.9 Å². The first-order valence-corrected chi connectivity index (χ1v) is 12.9. The molecule has 0 atom stereocenters. The van der Waals surface area contributed by atoms with E-state index in [0.717, 1.165) is 35.1 Å². The quantitative estimate of drug-likeness (QED) is 0.294. The van der Waals surface area contributed by atoms with Gasteiger partial charge < -0.3 is 19.5 Å². The minimum atomic E-state index is -0.131. The van der Waals surface area contributed by atoms with Crippen LogP contribution in [0.4, 0.5) is 0 Å². The summed E-state index contributed by atoms with van der Waals surface area (Å²) in [6.45, 7) is 1.05. The number of ether oxygens (including phenoxy) is 1. The Kier molecular flexibility index (Phi) is 7.47. The predicted molar refractivity (Wildman–Crippen MR) is 146 cm³/mol. The Morgan fingerprint density at radius 1 is 1.00 bits per heavy atom. The second-order valence-corrected chi connectivity index (χ2v) is 9.88. The number of aromatic nitrogens is 1. The topological polar surface area (TPSA) is 65.6 Å². The third kappa shape index (κ3) is 5.97. The van der Waals surface area contributed by atoms with Crippen molar-refractivity contribution in [2.45, 2.75) is 31.8 Å². The standard InChI is InChI=1S/C30H30ClN3O3/c1-37-26-14-6-21(7-15-26)19-33(17-16-23-18-32-28-5-3-2-4-27(23)28)29(35)20-34(25-12-13-25)30(36)22-8-10-24(31)11-9-22/h2-11,14-15,18,25,32H,12-13,16-17,19-20H2,1H3. The van der Waals surface area contributed by atoms with Crippen molar-refractivity contribution >= 4 is 34.3 Å². The summed E-state index contributed by atoms with van der Waals surface area (Å²) in [6.07, 6.45) is 4.56. The summed E-state index contributed by atoms with van der Waals surface area (Å²) in [4.78, 5) is 33.9. The van der Waals surface area contributed by atoms with Crippen molar-refractivity contribution < 1.29 is 14.3 Å². The van der Waals surface area contributed by atoms with Gasteiger partial charge in [-0.1, -0.05) is 41.9 Å². The number of rotatable bonds is 10. The second kappa shape index (κ2) is 11.1. The number of nitrogens with one attached hydrogen (secondary N) is 1. The molecule has 1 heterocycles. The van der Waals surface area contributed by atoms with E-state index in [-0.39, 0.29) is 24.4 Å². The lowest BCUT2D eigenvalue weighted by Gasteiger charge is -2.28. The number of aromatic amines is 1. The van der Waals surface area contributed by atoms with Crippen LogP contribution in [0.1, 0.15) is 34.3 Å². The molecule has 1 aromatic heterocycles. The molecule has 0 unspecified atom stereocenters. The molecule has 1 fully saturated rings. The lowest BCUT2D eigenvalue weighted by atomic mass is 10.1. The number of methoxy groups -OCH3 is 1. The minimum Gasteiger partial charge on any atom is -0.497 e. The maximum Gasteiger partial charge on any atom is 0.254 e. The molecule has 2 amide bonds. The molecule has 1 N–H and O–H groups in total. The Morgan fingerprint density at radius 2 is 1.73 bits per heavy atom. The Hall–Kier alpha value is -3.77. The van der Waals surface area contributed by atoms with Crippen molar-refractivity contribution in [2.24, 2.45) is 0 Å². The van der Waals surface area contributed by atoms with Gasteiger partial charge in [0.15, 0.2) is 0 Å². The van der Waals surface area contributed by atoms with Crippen LogP contribution in [0.25, 0.3) is 10.9 Å². The Bertz CT molecular complexity index is 1380. The third-order valence-electron chi connectivity index (χ3n) is 6.86. The average molecular weight is 516 g/mol. The summed E-state index contributed by atoms with van der Waals surface area (Å²) < 4.78 is 5.28. The van der Waals surface area contributed by atoms with Crippen molar-refractivity contribution in [2.75, 3.05) is 20.2 Å². The number of hydrogen-bond donors (Lipinski definition) is 1. The largest absolute Gasteiger partial charge is 0.497 e. The third-order valence-corrected chi connectivity index (χ3v) is 7.11. The number of amides is 2. The van der Waals surface area contributed by atoms with Gasteiger partial charge in [0, 0.05) is 46.8 Å². The van der Waals surface area contributed by atoms with E-state index in [1.54, 1.807) is 36.3 Å². The number of halogens is 1. The zero-order valence-corrected chi connectivity index (χ0v) is 21.6. The molecular formula is C30H30ClN3O3. The lowest BCUT2D eigenvalue weighted by molar-refractivity contribution is -0.132. The van der Waals surface area contributed by atoms with Crippen LogP contribution in [-0.4, -0.2) is 52.8 Å². The molecule has 4 aromatic rings. The molecule has 0 saturated heterocycles. The van der Waals surface area contributed by atoms with Gasteiger partial charge >= 0.3 is 0 Å². The molecule has 6 nitrogen and oxygen atoms in total. The summed E-state index contributed by atoms with van der Waals surface area (Å²) in [5.74, 6) is 0.576. The number of nitrogens with zero attached hydrogens (tertiary/aromatic N) is 2. The molecule has 37 heavy (non-hydrogen) atoms. The zero-order valence-electron chi connectivity index (χ0n) is 20.8. The molecule has 1 saturated carbocycles. The van der Waals surface area contributed by atoms with Gasteiger partial charge in [-0.15, -0.1) is 0 Å². The van der Waals surface area contributed by atoms with E-state index in [0.29, 0.717) is 30.1 Å².